The van der Waals surface area contributed by atoms with Gasteiger partial charge in [-0.15, -0.1) is 0 Å². The molecule has 0 aromatic heterocycles. The van der Waals surface area contributed by atoms with Gasteiger partial charge in [-0.1, -0.05) is 25.4 Å². The maximum absolute atomic E-state index is 13.5. The summed E-state index contributed by atoms with van der Waals surface area (Å²) in [7, 11) is 0. The summed E-state index contributed by atoms with van der Waals surface area (Å²) in [6, 6.07) is 5.54. The normalized spacial score (nSPS) is 24.7. The summed E-state index contributed by atoms with van der Waals surface area (Å²) >= 11 is 5.95. The molecule has 0 radical (unpaired) electrons. The third-order valence-corrected chi connectivity index (χ3v) is 3.71. The number of anilines is 1. The summed E-state index contributed by atoms with van der Waals surface area (Å²) in [5.41, 5.74) is 0.882. The zero-order valence-corrected chi connectivity index (χ0v) is 11.8. The third-order valence-electron chi connectivity index (χ3n) is 3.49. The fourth-order valence-electron chi connectivity index (χ4n) is 2.52. The average Bonchev–Trinajstić information content (AvgIpc) is 2.27. The Balaban J connectivity index is 2.31. The van der Waals surface area contributed by atoms with Crippen molar-refractivity contribution in [1.82, 2.24) is 5.32 Å². The lowest BCUT2D eigenvalue weighted by Crippen LogP contribution is -2.57. The van der Waals surface area contributed by atoms with Gasteiger partial charge in [0.25, 0.3) is 0 Å². The smallest absolute Gasteiger partial charge is 0.126 e. The molecule has 1 aliphatic rings. The summed E-state index contributed by atoms with van der Waals surface area (Å²) in [4.78, 5) is 2.26. The predicted molar refractivity (Wildman–Crippen MR) is 74.8 cm³/mol. The molecule has 1 N–H and O–H groups in total. The minimum absolute atomic E-state index is 0.272. The highest BCUT2D eigenvalue weighted by molar-refractivity contribution is 6.30. The molecular formula is C14H20ClFN2. The van der Waals surface area contributed by atoms with Crippen molar-refractivity contribution in [1.29, 1.82) is 0 Å². The molecule has 0 bridgehead atoms. The molecule has 18 heavy (non-hydrogen) atoms. The van der Waals surface area contributed by atoms with E-state index in [1.54, 1.807) is 6.07 Å². The first-order chi connectivity index (χ1) is 8.47. The van der Waals surface area contributed by atoms with Crippen LogP contribution in [0.4, 0.5) is 10.1 Å². The van der Waals surface area contributed by atoms with Gasteiger partial charge >= 0.3 is 0 Å². The zero-order valence-electron chi connectivity index (χ0n) is 11.1. The fraction of sp³-hybridized carbons (Fsp3) is 0.571. The molecule has 1 saturated heterocycles. The van der Waals surface area contributed by atoms with Crippen LogP contribution in [0.5, 0.6) is 0 Å². The number of hydrogen-bond acceptors (Lipinski definition) is 2. The van der Waals surface area contributed by atoms with Crippen molar-refractivity contribution in [3.8, 4) is 0 Å². The van der Waals surface area contributed by atoms with Gasteiger partial charge in [-0.2, -0.15) is 0 Å². The SMILES string of the molecule is CC1CN(c2cc(F)cc(Cl)c2)C(C(C)C)CN1. The second-order valence-corrected chi connectivity index (χ2v) is 5.84. The lowest BCUT2D eigenvalue weighted by Gasteiger charge is -2.43. The van der Waals surface area contributed by atoms with Crippen LogP contribution < -0.4 is 10.2 Å². The van der Waals surface area contributed by atoms with E-state index in [-0.39, 0.29) is 5.82 Å². The topological polar surface area (TPSA) is 15.3 Å². The van der Waals surface area contributed by atoms with Crippen molar-refractivity contribution < 1.29 is 4.39 Å². The molecule has 0 amide bonds. The monoisotopic (exact) mass is 270 g/mol. The summed E-state index contributed by atoms with van der Waals surface area (Å²) in [5, 5.41) is 3.93. The van der Waals surface area contributed by atoms with E-state index in [9.17, 15) is 4.39 Å². The number of nitrogens with one attached hydrogen (secondary N) is 1. The van der Waals surface area contributed by atoms with Gasteiger partial charge in [-0.05, 0) is 31.0 Å². The largest absolute Gasteiger partial charge is 0.365 e. The Morgan fingerprint density at radius 3 is 2.72 bits per heavy atom. The first kappa shape index (κ1) is 13.6. The van der Waals surface area contributed by atoms with Gasteiger partial charge < -0.3 is 10.2 Å². The van der Waals surface area contributed by atoms with Gasteiger partial charge in [0.1, 0.15) is 5.82 Å². The Morgan fingerprint density at radius 1 is 1.39 bits per heavy atom. The number of rotatable bonds is 2. The highest BCUT2D eigenvalue weighted by Gasteiger charge is 2.28. The first-order valence-electron chi connectivity index (χ1n) is 6.43. The number of nitrogens with zero attached hydrogens (tertiary/aromatic N) is 1. The predicted octanol–water partition coefficient (Wildman–Crippen LogP) is 3.30. The molecule has 2 atom stereocenters. The molecule has 1 fully saturated rings. The van der Waals surface area contributed by atoms with E-state index in [4.69, 9.17) is 11.6 Å². The van der Waals surface area contributed by atoms with E-state index in [0.29, 0.717) is 23.0 Å². The number of hydrogen-bond donors (Lipinski definition) is 1. The van der Waals surface area contributed by atoms with E-state index < -0.39 is 0 Å². The molecule has 100 valence electrons. The van der Waals surface area contributed by atoms with Gasteiger partial charge in [-0.25, -0.2) is 4.39 Å². The molecule has 1 aromatic carbocycles. The molecule has 2 rings (SSSR count). The van der Waals surface area contributed by atoms with Crippen LogP contribution in [0.2, 0.25) is 5.02 Å². The highest BCUT2D eigenvalue weighted by atomic mass is 35.5. The van der Waals surface area contributed by atoms with Gasteiger partial charge in [0, 0.05) is 35.9 Å². The first-order valence-corrected chi connectivity index (χ1v) is 6.81. The van der Waals surface area contributed by atoms with Gasteiger partial charge in [-0.3, -0.25) is 0 Å². The third kappa shape index (κ3) is 2.96. The van der Waals surface area contributed by atoms with Crippen LogP contribution in [0.1, 0.15) is 20.8 Å². The van der Waals surface area contributed by atoms with Crippen molar-refractivity contribution in [2.75, 3.05) is 18.0 Å². The average molecular weight is 271 g/mol. The quantitative estimate of drug-likeness (QED) is 0.887. The minimum atomic E-state index is -0.272. The summed E-state index contributed by atoms with van der Waals surface area (Å²) in [6.45, 7) is 8.33. The van der Waals surface area contributed by atoms with E-state index in [0.717, 1.165) is 18.8 Å². The molecule has 4 heteroatoms. The Bertz CT molecular complexity index is 402. The zero-order chi connectivity index (χ0) is 13.3. The maximum atomic E-state index is 13.5. The van der Waals surface area contributed by atoms with E-state index in [1.165, 1.54) is 6.07 Å². The molecular weight excluding hydrogens is 251 g/mol. The number of benzene rings is 1. The second kappa shape index (κ2) is 5.45. The van der Waals surface area contributed by atoms with Crippen molar-refractivity contribution >= 4 is 17.3 Å². The van der Waals surface area contributed by atoms with Gasteiger partial charge in [0.05, 0.1) is 0 Å². The molecule has 2 nitrogen and oxygen atoms in total. The van der Waals surface area contributed by atoms with Crippen LogP contribution in [-0.4, -0.2) is 25.2 Å². The molecule has 1 aliphatic heterocycles. The van der Waals surface area contributed by atoms with E-state index in [1.807, 2.05) is 6.07 Å². The summed E-state index contributed by atoms with van der Waals surface area (Å²) < 4.78 is 13.5. The van der Waals surface area contributed by atoms with Crippen molar-refractivity contribution in [3.63, 3.8) is 0 Å². The van der Waals surface area contributed by atoms with E-state index >= 15 is 0 Å². The molecule has 2 unspecified atom stereocenters. The number of halogens is 2. The Labute approximate surface area is 113 Å². The number of piperazine rings is 1. The van der Waals surface area contributed by atoms with E-state index in [2.05, 4.69) is 31.0 Å². The standard InChI is InChI=1S/C14H20ClFN2/c1-9(2)14-7-17-10(3)8-18(14)13-5-11(15)4-12(16)6-13/h4-6,9-10,14,17H,7-8H2,1-3H3. The minimum Gasteiger partial charge on any atom is -0.365 e. The maximum Gasteiger partial charge on any atom is 0.126 e. The van der Waals surface area contributed by atoms with Crippen molar-refractivity contribution in [2.45, 2.75) is 32.9 Å². The second-order valence-electron chi connectivity index (χ2n) is 5.40. The highest BCUT2D eigenvalue weighted by Crippen LogP contribution is 2.27. The lowest BCUT2D eigenvalue weighted by molar-refractivity contribution is 0.349. The molecule has 1 aromatic rings. The van der Waals surface area contributed by atoms with Crippen LogP contribution in [-0.2, 0) is 0 Å². The molecule has 0 saturated carbocycles. The van der Waals surface area contributed by atoms with Crippen molar-refractivity contribution in [3.05, 3.63) is 29.0 Å². The summed E-state index contributed by atoms with van der Waals surface area (Å²) in [6.07, 6.45) is 0. The van der Waals surface area contributed by atoms with Crippen LogP contribution >= 0.6 is 11.6 Å². The van der Waals surface area contributed by atoms with Gasteiger partial charge in [0.2, 0.25) is 0 Å². The van der Waals surface area contributed by atoms with Crippen LogP contribution in [0.25, 0.3) is 0 Å². The van der Waals surface area contributed by atoms with Crippen molar-refractivity contribution in [2.24, 2.45) is 5.92 Å². The summed E-state index contributed by atoms with van der Waals surface area (Å²) in [5.74, 6) is 0.234. The Morgan fingerprint density at radius 2 is 2.11 bits per heavy atom. The molecule has 0 aliphatic carbocycles. The van der Waals surface area contributed by atoms with Gasteiger partial charge in [0.15, 0.2) is 0 Å². The molecule has 0 spiro atoms. The fourth-order valence-corrected chi connectivity index (χ4v) is 2.74. The Hall–Kier alpha value is -0.800. The van der Waals surface area contributed by atoms with Crippen LogP contribution in [0, 0.1) is 11.7 Å². The van der Waals surface area contributed by atoms with Crippen LogP contribution in [0.15, 0.2) is 18.2 Å². The lowest BCUT2D eigenvalue weighted by atomic mass is 9.98. The molecule has 1 heterocycles. The Kier molecular flexibility index (Phi) is 4.13. The van der Waals surface area contributed by atoms with Crippen LogP contribution in [0.3, 0.4) is 0 Å².